The van der Waals surface area contributed by atoms with Gasteiger partial charge in [0.2, 0.25) is 0 Å². The zero-order valence-corrected chi connectivity index (χ0v) is 14.9. The highest BCUT2D eigenvalue weighted by atomic mass is 79.9. The van der Waals surface area contributed by atoms with Gasteiger partial charge >= 0.3 is 6.03 Å². The highest BCUT2D eigenvalue weighted by Crippen LogP contribution is 2.28. The largest absolute Gasteiger partial charge is 0.394 e. The Morgan fingerprint density at radius 1 is 1.25 bits per heavy atom. The minimum atomic E-state index is -0.0559. The van der Waals surface area contributed by atoms with E-state index in [2.05, 4.69) is 26.3 Å². The number of piperidine rings is 1. The summed E-state index contributed by atoms with van der Waals surface area (Å²) >= 11 is 3.38. The number of urea groups is 1. The van der Waals surface area contributed by atoms with Gasteiger partial charge in [-0.05, 0) is 43.2 Å². The van der Waals surface area contributed by atoms with Crippen molar-refractivity contribution in [1.82, 2.24) is 14.7 Å². The van der Waals surface area contributed by atoms with Crippen molar-refractivity contribution in [3.63, 3.8) is 0 Å². The third-order valence-corrected chi connectivity index (χ3v) is 4.89. The fourth-order valence-electron chi connectivity index (χ4n) is 3.09. The summed E-state index contributed by atoms with van der Waals surface area (Å²) in [5, 5.41) is 16.3. The topological polar surface area (TPSA) is 70.4 Å². The van der Waals surface area contributed by atoms with E-state index in [1.165, 1.54) is 0 Å². The second-order valence-electron chi connectivity index (χ2n) is 5.90. The molecule has 0 bridgehead atoms. The van der Waals surface area contributed by atoms with Gasteiger partial charge in [-0.2, -0.15) is 5.10 Å². The first-order valence-corrected chi connectivity index (χ1v) is 8.90. The molecule has 2 amide bonds. The molecule has 0 atom stereocenters. The molecule has 0 spiro atoms. The number of aliphatic hydroxyl groups is 1. The predicted octanol–water partition coefficient (Wildman–Crippen LogP) is 3.05. The molecule has 1 aliphatic heterocycles. The Balaban J connectivity index is 1.55. The molecule has 0 saturated carbocycles. The molecule has 1 fully saturated rings. The van der Waals surface area contributed by atoms with Crippen molar-refractivity contribution in [1.29, 1.82) is 0 Å². The molecule has 1 aliphatic rings. The number of halogens is 1. The van der Waals surface area contributed by atoms with Crippen LogP contribution < -0.4 is 5.32 Å². The number of carbonyl (C=O) groups excluding carboxylic acids is 1. The van der Waals surface area contributed by atoms with Crippen LogP contribution in [0.2, 0.25) is 0 Å². The van der Waals surface area contributed by atoms with Crippen molar-refractivity contribution >= 4 is 27.6 Å². The maximum Gasteiger partial charge on any atom is 0.321 e. The molecule has 1 saturated heterocycles. The van der Waals surface area contributed by atoms with E-state index in [-0.39, 0.29) is 12.6 Å². The Morgan fingerprint density at radius 2 is 1.96 bits per heavy atom. The number of amides is 2. The van der Waals surface area contributed by atoms with Gasteiger partial charge in [-0.3, -0.25) is 4.68 Å². The van der Waals surface area contributed by atoms with Crippen LogP contribution in [0.5, 0.6) is 0 Å². The van der Waals surface area contributed by atoms with Gasteiger partial charge in [0.25, 0.3) is 0 Å². The number of hydrogen-bond acceptors (Lipinski definition) is 3. The molecule has 0 unspecified atom stereocenters. The number of benzene rings is 1. The van der Waals surface area contributed by atoms with E-state index in [1.807, 2.05) is 39.9 Å². The van der Waals surface area contributed by atoms with Crippen LogP contribution in [0.4, 0.5) is 10.5 Å². The van der Waals surface area contributed by atoms with Gasteiger partial charge < -0.3 is 15.3 Å². The standard InChI is InChI=1S/C17H21BrN4O2/c18-14-1-3-15(4-2-14)20-17(24)21-9-6-13(7-10-21)16-5-8-19-22(16)11-12-23/h1-5,8,13,23H,6-7,9-12H2,(H,20,24). The van der Waals surface area contributed by atoms with Crippen LogP contribution in [0.3, 0.4) is 0 Å². The first-order chi connectivity index (χ1) is 11.7. The van der Waals surface area contributed by atoms with Crippen molar-refractivity contribution < 1.29 is 9.90 Å². The molecule has 0 radical (unpaired) electrons. The van der Waals surface area contributed by atoms with Crippen molar-refractivity contribution in [3.05, 3.63) is 46.7 Å². The minimum absolute atomic E-state index is 0.0559. The third kappa shape index (κ3) is 3.96. The Kier molecular flexibility index (Phi) is 5.52. The quantitative estimate of drug-likeness (QED) is 0.839. The van der Waals surface area contributed by atoms with Crippen molar-refractivity contribution in [2.75, 3.05) is 25.0 Å². The monoisotopic (exact) mass is 392 g/mol. The molecular formula is C17H21BrN4O2. The summed E-state index contributed by atoms with van der Waals surface area (Å²) in [6, 6.07) is 9.52. The van der Waals surface area contributed by atoms with Crippen LogP contribution in [0.1, 0.15) is 24.5 Å². The highest BCUT2D eigenvalue weighted by Gasteiger charge is 2.25. The minimum Gasteiger partial charge on any atom is -0.394 e. The van der Waals surface area contributed by atoms with E-state index < -0.39 is 0 Å². The van der Waals surface area contributed by atoms with E-state index in [9.17, 15) is 4.79 Å². The molecule has 2 N–H and O–H groups in total. The van der Waals surface area contributed by atoms with E-state index in [4.69, 9.17) is 5.11 Å². The molecule has 7 heteroatoms. The number of aliphatic hydroxyl groups excluding tert-OH is 1. The van der Waals surface area contributed by atoms with Crippen LogP contribution >= 0.6 is 15.9 Å². The summed E-state index contributed by atoms with van der Waals surface area (Å²) in [5.74, 6) is 0.385. The fourth-order valence-corrected chi connectivity index (χ4v) is 3.35. The fraction of sp³-hybridized carbons (Fsp3) is 0.412. The van der Waals surface area contributed by atoms with Crippen LogP contribution in [-0.4, -0.2) is 45.5 Å². The zero-order chi connectivity index (χ0) is 16.9. The number of nitrogens with zero attached hydrogens (tertiary/aromatic N) is 3. The van der Waals surface area contributed by atoms with Crippen LogP contribution in [0.15, 0.2) is 41.0 Å². The summed E-state index contributed by atoms with van der Waals surface area (Å²) in [6.45, 7) is 2.05. The number of nitrogens with one attached hydrogen (secondary N) is 1. The smallest absolute Gasteiger partial charge is 0.321 e. The highest BCUT2D eigenvalue weighted by molar-refractivity contribution is 9.10. The van der Waals surface area contributed by atoms with Gasteiger partial charge in [-0.15, -0.1) is 0 Å². The molecule has 1 aromatic carbocycles. The van der Waals surface area contributed by atoms with Crippen LogP contribution in [0, 0.1) is 0 Å². The molecule has 1 aromatic heterocycles. The maximum atomic E-state index is 12.4. The number of carbonyl (C=O) groups is 1. The first-order valence-electron chi connectivity index (χ1n) is 8.11. The lowest BCUT2D eigenvalue weighted by Crippen LogP contribution is -2.40. The lowest BCUT2D eigenvalue weighted by molar-refractivity contribution is 0.192. The molecule has 2 aromatic rings. The Morgan fingerprint density at radius 3 is 2.62 bits per heavy atom. The molecule has 128 valence electrons. The lowest BCUT2D eigenvalue weighted by atomic mass is 9.93. The maximum absolute atomic E-state index is 12.4. The molecule has 3 rings (SSSR count). The second-order valence-corrected chi connectivity index (χ2v) is 6.82. The normalized spacial score (nSPS) is 15.5. The van der Waals surface area contributed by atoms with Crippen LogP contribution in [0.25, 0.3) is 0 Å². The summed E-state index contributed by atoms with van der Waals surface area (Å²) in [5.41, 5.74) is 1.95. The SMILES string of the molecule is O=C(Nc1ccc(Br)cc1)N1CCC(c2ccnn2CCO)CC1. The number of aromatic nitrogens is 2. The van der Waals surface area contributed by atoms with E-state index >= 15 is 0 Å². The average Bonchev–Trinajstić information content (AvgIpc) is 3.06. The van der Waals surface area contributed by atoms with Crippen molar-refractivity contribution in [2.45, 2.75) is 25.3 Å². The molecular weight excluding hydrogens is 372 g/mol. The average molecular weight is 393 g/mol. The van der Waals surface area contributed by atoms with Gasteiger partial charge in [0.15, 0.2) is 0 Å². The number of anilines is 1. The summed E-state index contributed by atoms with van der Waals surface area (Å²) in [4.78, 5) is 14.2. The third-order valence-electron chi connectivity index (χ3n) is 4.36. The lowest BCUT2D eigenvalue weighted by Gasteiger charge is -2.32. The van der Waals surface area contributed by atoms with E-state index in [0.29, 0.717) is 12.5 Å². The number of likely N-dealkylation sites (tertiary alicyclic amines) is 1. The van der Waals surface area contributed by atoms with Crippen molar-refractivity contribution in [3.8, 4) is 0 Å². The van der Waals surface area contributed by atoms with Crippen LogP contribution in [-0.2, 0) is 6.54 Å². The van der Waals surface area contributed by atoms with Gasteiger partial charge in [-0.1, -0.05) is 15.9 Å². The van der Waals surface area contributed by atoms with E-state index in [0.717, 1.165) is 41.8 Å². The number of rotatable bonds is 4. The Bertz CT molecular complexity index is 678. The molecule has 24 heavy (non-hydrogen) atoms. The van der Waals surface area contributed by atoms with Gasteiger partial charge in [-0.25, -0.2) is 4.79 Å². The summed E-state index contributed by atoms with van der Waals surface area (Å²) < 4.78 is 2.85. The van der Waals surface area contributed by atoms with Crippen molar-refractivity contribution in [2.24, 2.45) is 0 Å². The predicted molar refractivity (Wildman–Crippen MR) is 96.0 cm³/mol. The first kappa shape index (κ1) is 17.0. The summed E-state index contributed by atoms with van der Waals surface area (Å²) in [6.07, 6.45) is 3.59. The second kappa shape index (κ2) is 7.81. The van der Waals surface area contributed by atoms with Gasteiger partial charge in [0, 0.05) is 41.1 Å². The zero-order valence-electron chi connectivity index (χ0n) is 13.4. The summed E-state index contributed by atoms with van der Waals surface area (Å²) in [7, 11) is 0. The van der Waals surface area contributed by atoms with Gasteiger partial charge in [0.05, 0.1) is 13.2 Å². The van der Waals surface area contributed by atoms with E-state index in [1.54, 1.807) is 6.20 Å². The molecule has 6 nitrogen and oxygen atoms in total. The Hall–Kier alpha value is -1.86. The van der Waals surface area contributed by atoms with Gasteiger partial charge in [0.1, 0.15) is 0 Å². The molecule has 0 aliphatic carbocycles. The number of hydrogen-bond donors (Lipinski definition) is 2. The molecule has 2 heterocycles. The Labute approximate surface area is 149 Å².